The zero-order valence-electron chi connectivity index (χ0n) is 21.8. The van der Waals surface area contributed by atoms with Gasteiger partial charge < -0.3 is 29.6 Å². The lowest BCUT2D eigenvalue weighted by Gasteiger charge is -2.43. The molecule has 2 saturated heterocycles. The summed E-state index contributed by atoms with van der Waals surface area (Å²) in [4.78, 5) is 75.5. The molecule has 0 spiro atoms. The number of amides is 4. The van der Waals surface area contributed by atoms with Crippen LogP contribution in [-0.2, 0) is 24.0 Å². The average molecular weight is 533 g/mol. The van der Waals surface area contributed by atoms with E-state index < -0.39 is 35.8 Å². The zero-order valence-corrected chi connectivity index (χ0v) is 21.8. The first-order chi connectivity index (χ1) is 18.1. The molecule has 0 bridgehead atoms. The number of rotatable bonds is 10. The molecule has 1 aromatic rings. The van der Waals surface area contributed by atoms with Gasteiger partial charge in [-0.05, 0) is 38.3 Å². The number of hydrogen-bond donors (Lipinski definition) is 2. The van der Waals surface area contributed by atoms with E-state index in [0.29, 0.717) is 18.5 Å². The maximum atomic E-state index is 13.6. The number of aldehydes is 1. The zero-order chi connectivity index (χ0) is 28.0. The van der Waals surface area contributed by atoms with Crippen molar-refractivity contribution in [3.05, 3.63) is 17.7 Å². The lowest BCUT2D eigenvalue weighted by molar-refractivity contribution is -0.176. The Morgan fingerprint density at radius 3 is 2.29 bits per heavy atom. The predicted octanol–water partition coefficient (Wildman–Crippen LogP) is 0.00200. The first-order valence-corrected chi connectivity index (χ1v) is 12.1. The number of carbonyl (C=O) groups excluding carboxylic acids is 6. The molecule has 2 aliphatic rings. The second-order valence-corrected chi connectivity index (χ2v) is 8.99. The molecule has 3 atom stereocenters. The van der Waals surface area contributed by atoms with Gasteiger partial charge in [0.1, 0.15) is 24.2 Å². The van der Waals surface area contributed by atoms with Crippen LogP contribution >= 0.6 is 0 Å². The summed E-state index contributed by atoms with van der Waals surface area (Å²) in [5.41, 5.74) is 0.130. The molecular weight excluding hydrogens is 500 g/mol. The number of carbonyl (C=O) groups is 6. The highest BCUT2D eigenvalue weighted by Gasteiger charge is 2.45. The van der Waals surface area contributed by atoms with Gasteiger partial charge in [0.2, 0.25) is 17.6 Å². The number of ketones is 1. The van der Waals surface area contributed by atoms with Gasteiger partial charge in [0.05, 0.1) is 27.4 Å². The highest BCUT2D eigenvalue weighted by molar-refractivity contribution is 6.00. The number of nitrogens with one attached hydrogen (secondary N) is 2. The molecule has 3 rings (SSSR count). The van der Waals surface area contributed by atoms with Crippen LogP contribution in [0.2, 0.25) is 0 Å². The minimum absolute atomic E-state index is 0.0243. The Bertz CT molecular complexity index is 1100. The quantitative estimate of drug-likeness (QED) is 0.395. The number of hydrogen-bond acceptors (Lipinski definition) is 9. The number of Topliss-reactive ketones (excluding diaryl/α,β-unsaturated/α-hetero) is 1. The van der Waals surface area contributed by atoms with Crippen molar-refractivity contribution >= 4 is 35.7 Å². The fourth-order valence-electron chi connectivity index (χ4n) is 4.58. The van der Waals surface area contributed by atoms with Gasteiger partial charge in [-0.15, -0.1) is 0 Å². The number of methoxy groups -OCH3 is 3. The molecule has 38 heavy (non-hydrogen) atoms. The van der Waals surface area contributed by atoms with Crippen molar-refractivity contribution < 1.29 is 43.0 Å². The van der Waals surface area contributed by atoms with E-state index in [1.54, 1.807) is 0 Å². The fourth-order valence-corrected chi connectivity index (χ4v) is 4.58. The first-order valence-electron chi connectivity index (χ1n) is 12.1. The molecule has 0 aliphatic carbocycles. The van der Waals surface area contributed by atoms with Crippen molar-refractivity contribution in [1.82, 2.24) is 20.7 Å². The summed E-state index contributed by atoms with van der Waals surface area (Å²) >= 11 is 0. The Labute approximate surface area is 219 Å². The largest absolute Gasteiger partial charge is 0.493 e. The van der Waals surface area contributed by atoms with E-state index in [-0.39, 0.29) is 61.0 Å². The summed E-state index contributed by atoms with van der Waals surface area (Å²) in [5.74, 6) is -1.79. The van der Waals surface area contributed by atoms with Crippen LogP contribution in [0.15, 0.2) is 12.1 Å². The molecule has 2 aliphatic heterocycles. The summed E-state index contributed by atoms with van der Waals surface area (Å²) in [5, 5.41) is 7.45. The Morgan fingerprint density at radius 1 is 1.08 bits per heavy atom. The standard InChI is InChI=1S/C25H32N4O9/c1-14(31)10-16(13-30)26-24(34)18-6-5-9-28-21(32)8-7-17(25(35)29(18)28)27-23(33)15-11-19(36-2)22(38-4)20(12-15)37-3/h11-13,16-18H,5-10H2,1-4H3,(H,26,34)(H,27,33)/t16-,17-,18-/m0/s1. The number of fused-ring (bicyclic) bond motifs is 1. The topological polar surface area (TPSA) is 161 Å². The summed E-state index contributed by atoms with van der Waals surface area (Å²) in [6, 6.07) is -0.387. The lowest BCUT2D eigenvalue weighted by atomic mass is 10.0. The van der Waals surface area contributed by atoms with E-state index >= 15 is 0 Å². The van der Waals surface area contributed by atoms with Gasteiger partial charge in [-0.2, -0.15) is 0 Å². The van der Waals surface area contributed by atoms with E-state index in [2.05, 4.69) is 10.6 Å². The Hall–Kier alpha value is -4.16. The number of hydrazine groups is 1. The predicted molar refractivity (Wildman–Crippen MR) is 131 cm³/mol. The Morgan fingerprint density at radius 2 is 1.74 bits per heavy atom. The Kier molecular flexibility index (Phi) is 9.26. The van der Waals surface area contributed by atoms with Crippen molar-refractivity contribution in [3.8, 4) is 17.2 Å². The summed E-state index contributed by atoms with van der Waals surface area (Å²) in [6.07, 6.45) is 0.950. The second-order valence-electron chi connectivity index (χ2n) is 8.99. The molecule has 0 unspecified atom stereocenters. The fraction of sp³-hybridized carbons (Fsp3) is 0.520. The number of nitrogens with zero attached hydrogens (tertiary/aromatic N) is 2. The normalized spacial score (nSPS) is 20.0. The summed E-state index contributed by atoms with van der Waals surface area (Å²) in [7, 11) is 4.23. The van der Waals surface area contributed by atoms with Crippen molar-refractivity contribution in [3.63, 3.8) is 0 Å². The van der Waals surface area contributed by atoms with E-state index in [9.17, 15) is 28.8 Å². The molecule has 206 valence electrons. The van der Waals surface area contributed by atoms with Crippen LogP contribution in [0.5, 0.6) is 17.2 Å². The van der Waals surface area contributed by atoms with Crippen molar-refractivity contribution in [2.75, 3.05) is 27.9 Å². The second kappa shape index (κ2) is 12.4. The van der Waals surface area contributed by atoms with Crippen LogP contribution in [0.1, 0.15) is 49.4 Å². The Balaban J connectivity index is 1.86. The van der Waals surface area contributed by atoms with Gasteiger partial charge in [0.25, 0.3) is 11.8 Å². The van der Waals surface area contributed by atoms with Crippen LogP contribution < -0.4 is 24.8 Å². The van der Waals surface area contributed by atoms with Crippen LogP contribution in [-0.4, -0.2) is 91.7 Å². The van der Waals surface area contributed by atoms with Crippen LogP contribution in [0, 0.1) is 0 Å². The van der Waals surface area contributed by atoms with Crippen molar-refractivity contribution in [2.45, 2.75) is 57.2 Å². The molecule has 2 heterocycles. The third kappa shape index (κ3) is 6.03. The molecule has 0 saturated carbocycles. The van der Waals surface area contributed by atoms with Gasteiger partial charge in [0, 0.05) is 24.9 Å². The maximum absolute atomic E-state index is 13.6. The summed E-state index contributed by atoms with van der Waals surface area (Å²) in [6.45, 7) is 1.52. The summed E-state index contributed by atoms with van der Waals surface area (Å²) < 4.78 is 15.9. The van der Waals surface area contributed by atoms with Gasteiger partial charge in [0.15, 0.2) is 11.5 Å². The smallest absolute Gasteiger partial charge is 0.264 e. The van der Waals surface area contributed by atoms with E-state index in [1.165, 1.54) is 45.4 Å². The third-order valence-corrected chi connectivity index (χ3v) is 6.40. The minimum Gasteiger partial charge on any atom is -0.493 e. The molecule has 1 aromatic carbocycles. The molecular formula is C25H32N4O9. The first kappa shape index (κ1) is 28.4. The molecule has 0 radical (unpaired) electrons. The molecule has 13 nitrogen and oxygen atoms in total. The highest BCUT2D eigenvalue weighted by atomic mass is 16.5. The molecule has 2 N–H and O–H groups in total. The minimum atomic E-state index is -1.11. The molecule has 13 heteroatoms. The highest BCUT2D eigenvalue weighted by Crippen LogP contribution is 2.38. The average Bonchev–Trinajstić information content (AvgIpc) is 3.03. The van der Waals surface area contributed by atoms with Gasteiger partial charge in [-0.3, -0.25) is 29.0 Å². The van der Waals surface area contributed by atoms with Gasteiger partial charge >= 0.3 is 0 Å². The van der Waals surface area contributed by atoms with Crippen molar-refractivity contribution in [2.24, 2.45) is 0 Å². The molecule has 2 fully saturated rings. The third-order valence-electron chi connectivity index (χ3n) is 6.40. The SMILES string of the molecule is COc1cc(C(=O)N[C@H]2CCC(=O)N3CCC[C@@H](C(=O)N[C@H](C=O)CC(C)=O)N3C2=O)cc(OC)c1OC. The van der Waals surface area contributed by atoms with Crippen LogP contribution in [0.3, 0.4) is 0 Å². The van der Waals surface area contributed by atoms with Crippen LogP contribution in [0.25, 0.3) is 0 Å². The van der Waals surface area contributed by atoms with Gasteiger partial charge in [-0.25, -0.2) is 5.01 Å². The van der Waals surface area contributed by atoms with E-state index in [4.69, 9.17) is 14.2 Å². The number of ether oxygens (including phenoxy) is 3. The molecule has 4 amide bonds. The lowest BCUT2D eigenvalue weighted by Crippen LogP contribution is -2.64. The monoisotopic (exact) mass is 532 g/mol. The maximum Gasteiger partial charge on any atom is 0.264 e. The van der Waals surface area contributed by atoms with E-state index in [0.717, 1.165) is 5.01 Å². The number of benzene rings is 1. The molecule has 0 aromatic heterocycles. The van der Waals surface area contributed by atoms with Crippen LogP contribution in [0.4, 0.5) is 0 Å². The van der Waals surface area contributed by atoms with Gasteiger partial charge in [-0.1, -0.05) is 0 Å². The van der Waals surface area contributed by atoms with Crippen molar-refractivity contribution in [1.29, 1.82) is 0 Å². The van der Waals surface area contributed by atoms with E-state index in [1.807, 2.05) is 0 Å².